The molecule has 11 heteroatoms. The lowest BCUT2D eigenvalue weighted by Gasteiger charge is -2.44. The molecule has 0 bridgehead atoms. The van der Waals surface area contributed by atoms with Crippen LogP contribution in [-0.4, -0.2) is 28.8 Å². The standard InChI is InChI=1S/C20H14ClF3N2O4S/c21-11-4-1-3-10(9-11)12-6-7-13(30-12)16-15(17(27)14-5-2-8-31-14)19(29,20(22,23)24)26-18(28)25-16/h1-9,15-16,29H,(H2,25,26,28)/t15-,16-,19-/m1/s1. The number of alkyl halides is 3. The third-order valence-electron chi connectivity index (χ3n) is 4.90. The first-order valence-corrected chi connectivity index (χ1v) is 10.2. The molecule has 2 aromatic heterocycles. The zero-order valence-electron chi connectivity index (χ0n) is 15.4. The second kappa shape index (κ2) is 7.70. The molecule has 2 amide bonds. The number of urea groups is 1. The quantitative estimate of drug-likeness (QED) is 0.479. The third-order valence-corrected chi connectivity index (χ3v) is 6.01. The number of rotatable bonds is 4. The van der Waals surface area contributed by atoms with Gasteiger partial charge in [0.2, 0.25) is 5.72 Å². The van der Waals surface area contributed by atoms with E-state index in [4.69, 9.17) is 16.0 Å². The van der Waals surface area contributed by atoms with Gasteiger partial charge in [0, 0.05) is 10.6 Å². The van der Waals surface area contributed by atoms with E-state index in [9.17, 15) is 27.9 Å². The van der Waals surface area contributed by atoms with Crippen LogP contribution in [0.4, 0.5) is 18.0 Å². The van der Waals surface area contributed by atoms with E-state index in [0.29, 0.717) is 10.6 Å². The molecule has 1 aliphatic rings. The number of hydrogen-bond donors (Lipinski definition) is 3. The van der Waals surface area contributed by atoms with Gasteiger partial charge < -0.3 is 20.2 Å². The van der Waals surface area contributed by atoms with Gasteiger partial charge in [-0.25, -0.2) is 4.79 Å². The Bertz CT molecular complexity index is 1130. The lowest BCUT2D eigenvalue weighted by atomic mass is 9.80. The Kier molecular flexibility index (Phi) is 5.32. The number of carbonyl (C=O) groups is 2. The number of halogens is 4. The van der Waals surface area contributed by atoms with Crippen molar-refractivity contribution in [1.29, 1.82) is 0 Å². The first kappa shape index (κ1) is 21.4. The van der Waals surface area contributed by atoms with Crippen LogP contribution in [0.2, 0.25) is 5.02 Å². The third kappa shape index (κ3) is 3.82. The van der Waals surface area contributed by atoms with Crippen molar-refractivity contribution in [3.63, 3.8) is 0 Å². The van der Waals surface area contributed by atoms with Gasteiger partial charge >= 0.3 is 12.2 Å². The van der Waals surface area contributed by atoms with Crippen LogP contribution in [-0.2, 0) is 0 Å². The summed E-state index contributed by atoms with van der Waals surface area (Å²) in [4.78, 5) is 25.1. The summed E-state index contributed by atoms with van der Waals surface area (Å²) in [6.45, 7) is 0. The van der Waals surface area contributed by atoms with Gasteiger partial charge in [0.05, 0.1) is 4.88 Å². The van der Waals surface area contributed by atoms with Crippen LogP contribution in [0.15, 0.2) is 58.3 Å². The van der Waals surface area contributed by atoms with Crippen LogP contribution in [0.5, 0.6) is 0 Å². The molecule has 0 aliphatic carbocycles. The fourth-order valence-electron chi connectivity index (χ4n) is 3.47. The maximum absolute atomic E-state index is 13.9. The minimum Gasteiger partial charge on any atom is -0.459 e. The van der Waals surface area contributed by atoms with Gasteiger partial charge in [-0.2, -0.15) is 13.2 Å². The average molecular weight is 471 g/mol. The molecule has 0 unspecified atom stereocenters. The van der Waals surface area contributed by atoms with Crippen LogP contribution in [0.25, 0.3) is 11.3 Å². The molecule has 3 aromatic rings. The van der Waals surface area contributed by atoms with Crippen molar-refractivity contribution >= 4 is 34.8 Å². The fraction of sp³-hybridized carbons (Fsp3) is 0.200. The summed E-state index contributed by atoms with van der Waals surface area (Å²) >= 11 is 6.89. The van der Waals surface area contributed by atoms with Crippen molar-refractivity contribution in [2.45, 2.75) is 17.9 Å². The number of carbonyl (C=O) groups excluding carboxylic acids is 2. The molecule has 3 N–H and O–H groups in total. The highest BCUT2D eigenvalue weighted by atomic mass is 35.5. The first-order chi connectivity index (χ1) is 14.6. The predicted molar refractivity (Wildman–Crippen MR) is 107 cm³/mol. The number of nitrogens with one attached hydrogen (secondary N) is 2. The number of Topliss-reactive ketones (excluding diaryl/α,β-unsaturated/α-hetero) is 1. The summed E-state index contributed by atoms with van der Waals surface area (Å²) in [5.74, 6) is -2.99. The molecule has 0 spiro atoms. The van der Waals surface area contributed by atoms with E-state index >= 15 is 0 Å². The summed E-state index contributed by atoms with van der Waals surface area (Å²) < 4.78 is 47.3. The molecule has 1 aliphatic heterocycles. The fourth-order valence-corrected chi connectivity index (χ4v) is 4.36. The zero-order chi connectivity index (χ0) is 22.4. The smallest absolute Gasteiger partial charge is 0.437 e. The normalized spacial score (nSPS) is 23.8. The van der Waals surface area contributed by atoms with E-state index in [-0.39, 0.29) is 16.4 Å². The lowest BCUT2D eigenvalue weighted by Crippen LogP contribution is -2.72. The van der Waals surface area contributed by atoms with Gasteiger partial charge in [0.25, 0.3) is 0 Å². The SMILES string of the molecule is O=C1N[C@H](c2ccc(-c3cccc(Cl)c3)o2)[C@H](C(=O)c2cccs2)[C@@](O)(C(F)(F)F)N1. The Balaban J connectivity index is 1.80. The molecule has 0 radical (unpaired) electrons. The molecule has 3 heterocycles. The summed E-state index contributed by atoms with van der Waals surface area (Å²) in [7, 11) is 0. The van der Waals surface area contributed by atoms with Crippen LogP contribution in [0, 0.1) is 5.92 Å². The van der Waals surface area contributed by atoms with Gasteiger partial charge in [-0.15, -0.1) is 11.3 Å². The molecule has 31 heavy (non-hydrogen) atoms. The van der Waals surface area contributed by atoms with Crippen LogP contribution < -0.4 is 10.6 Å². The van der Waals surface area contributed by atoms with Gasteiger partial charge in [-0.3, -0.25) is 4.79 Å². The molecule has 3 atom stereocenters. The van der Waals surface area contributed by atoms with Crippen LogP contribution in [0.3, 0.4) is 0 Å². The van der Waals surface area contributed by atoms with Crippen molar-refractivity contribution in [2.24, 2.45) is 5.92 Å². The van der Waals surface area contributed by atoms with E-state index in [1.807, 2.05) is 0 Å². The van der Waals surface area contributed by atoms with E-state index in [1.165, 1.54) is 35.0 Å². The second-order valence-corrected chi connectivity index (χ2v) is 8.26. The molecule has 4 rings (SSSR count). The number of hydrogen-bond acceptors (Lipinski definition) is 5. The van der Waals surface area contributed by atoms with Gasteiger partial charge in [0.15, 0.2) is 5.78 Å². The lowest BCUT2D eigenvalue weighted by molar-refractivity contribution is -0.287. The molecular weight excluding hydrogens is 457 g/mol. The van der Waals surface area contributed by atoms with Crippen molar-refractivity contribution in [3.8, 4) is 11.3 Å². The zero-order valence-corrected chi connectivity index (χ0v) is 17.0. The predicted octanol–water partition coefficient (Wildman–Crippen LogP) is 4.77. The monoisotopic (exact) mass is 470 g/mol. The van der Waals surface area contributed by atoms with Gasteiger partial charge in [0.1, 0.15) is 23.5 Å². The largest absolute Gasteiger partial charge is 0.459 e. The Morgan fingerprint density at radius 1 is 1.19 bits per heavy atom. The van der Waals surface area contributed by atoms with E-state index in [1.54, 1.807) is 24.3 Å². The number of aliphatic hydroxyl groups is 1. The van der Waals surface area contributed by atoms with Gasteiger partial charge in [-0.05, 0) is 35.7 Å². The molecular formula is C20H14ClF3N2O4S. The molecule has 162 valence electrons. The highest BCUT2D eigenvalue weighted by Gasteiger charge is 2.67. The topological polar surface area (TPSA) is 91.6 Å². The van der Waals surface area contributed by atoms with E-state index in [2.05, 4.69) is 5.32 Å². The highest BCUT2D eigenvalue weighted by molar-refractivity contribution is 7.12. The second-order valence-electron chi connectivity index (χ2n) is 6.87. The van der Waals surface area contributed by atoms with Crippen LogP contribution >= 0.6 is 22.9 Å². The van der Waals surface area contributed by atoms with Crippen LogP contribution in [0.1, 0.15) is 21.5 Å². The molecule has 1 fully saturated rings. The summed E-state index contributed by atoms with van der Waals surface area (Å²) in [6.07, 6.45) is -5.33. The minimum atomic E-state index is -5.33. The highest BCUT2D eigenvalue weighted by Crippen LogP contribution is 2.45. The molecule has 0 saturated carbocycles. The first-order valence-electron chi connectivity index (χ1n) is 8.91. The number of amides is 2. The Morgan fingerprint density at radius 3 is 2.61 bits per heavy atom. The maximum Gasteiger partial charge on any atom is 0.437 e. The van der Waals surface area contributed by atoms with Gasteiger partial charge in [-0.1, -0.05) is 29.8 Å². The van der Waals surface area contributed by atoms with Crippen molar-refractivity contribution in [1.82, 2.24) is 10.6 Å². The molecule has 6 nitrogen and oxygen atoms in total. The number of furan rings is 1. The Hall–Kier alpha value is -2.82. The number of ketones is 1. The Labute approximate surface area is 182 Å². The number of benzene rings is 1. The average Bonchev–Trinajstić information content (AvgIpc) is 3.38. The maximum atomic E-state index is 13.9. The van der Waals surface area contributed by atoms with Crippen molar-refractivity contribution < 1.29 is 32.3 Å². The molecule has 1 saturated heterocycles. The van der Waals surface area contributed by atoms with Crippen molar-refractivity contribution in [3.05, 3.63) is 69.6 Å². The summed E-state index contributed by atoms with van der Waals surface area (Å²) in [5.41, 5.74) is -3.25. The Morgan fingerprint density at radius 2 is 1.97 bits per heavy atom. The number of thiophene rings is 1. The van der Waals surface area contributed by atoms with Crippen molar-refractivity contribution in [2.75, 3.05) is 0 Å². The summed E-state index contributed by atoms with van der Waals surface area (Å²) in [5, 5.41) is 16.2. The molecule has 1 aromatic carbocycles. The van der Waals surface area contributed by atoms with E-state index in [0.717, 1.165) is 11.3 Å². The minimum absolute atomic E-state index is 0.00255. The summed E-state index contributed by atoms with van der Waals surface area (Å²) in [6, 6.07) is 9.37. The van der Waals surface area contributed by atoms with E-state index < -0.39 is 35.7 Å².